The second kappa shape index (κ2) is 13.0. The van der Waals surface area contributed by atoms with E-state index in [4.69, 9.17) is 4.74 Å². The highest BCUT2D eigenvalue weighted by molar-refractivity contribution is 6.02. The number of nitrogens with one attached hydrogen (secondary N) is 4. The van der Waals surface area contributed by atoms with Gasteiger partial charge < -0.3 is 35.5 Å². The van der Waals surface area contributed by atoms with Crippen molar-refractivity contribution in [1.29, 1.82) is 0 Å². The normalized spacial score (nSPS) is 12.4. The monoisotopic (exact) mass is 644 g/mol. The van der Waals surface area contributed by atoms with E-state index in [1.165, 1.54) is 31.4 Å². The lowest BCUT2D eigenvalue weighted by molar-refractivity contribution is -0.119. The molecule has 6 rings (SSSR count). The van der Waals surface area contributed by atoms with E-state index in [1.807, 2.05) is 25.1 Å². The van der Waals surface area contributed by atoms with Crippen molar-refractivity contribution in [2.24, 2.45) is 0 Å². The maximum atomic E-state index is 15.1. The molecule has 14 heteroatoms. The quantitative estimate of drug-likeness (QED) is 0.162. The summed E-state index contributed by atoms with van der Waals surface area (Å²) in [4.78, 5) is 41.8. The average Bonchev–Trinajstić information content (AvgIpc) is 3.67. The lowest BCUT2D eigenvalue weighted by atomic mass is 10.1. The lowest BCUT2D eigenvalue weighted by Crippen LogP contribution is -2.36. The molecule has 3 heterocycles. The number of halogens is 3. The Morgan fingerprint density at radius 1 is 0.979 bits per heavy atom. The summed E-state index contributed by atoms with van der Waals surface area (Å²) in [7, 11) is 5.19. The number of H-pyrrole nitrogens is 1. The highest BCUT2D eigenvalue weighted by Crippen LogP contribution is 2.39. The molecule has 0 fully saturated rings. The molecule has 47 heavy (non-hydrogen) atoms. The first kappa shape index (κ1) is 31.4. The van der Waals surface area contributed by atoms with Gasteiger partial charge >= 0.3 is 0 Å². The van der Waals surface area contributed by atoms with Crippen LogP contribution in [0.2, 0.25) is 0 Å². The number of anilines is 5. The van der Waals surface area contributed by atoms with Crippen molar-refractivity contribution in [2.45, 2.75) is 13.0 Å². The highest BCUT2D eigenvalue weighted by atomic mass is 19.1. The summed E-state index contributed by atoms with van der Waals surface area (Å²) in [6.07, 6.45) is 2.30. The molecule has 0 saturated heterocycles. The second-order valence-corrected chi connectivity index (χ2v) is 11.2. The molecule has 2 amide bonds. The van der Waals surface area contributed by atoms with E-state index in [1.54, 1.807) is 23.2 Å². The zero-order valence-electron chi connectivity index (χ0n) is 25.7. The molecule has 0 radical (unpaired) electrons. The molecule has 0 atom stereocenters. The summed E-state index contributed by atoms with van der Waals surface area (Å²) in [5.74, 6) is -2.53. The molecule has 1 aliphatic heterocycles. The third kappa shape index (κ3) is 6.67. The summed E-state index contributed by atoms with van der Waals surface area (Å²) < 4.78 is 48.5. The largest absolute Gasteiger partial charge is 0.495 e. The number of rotatable bonds is 10. The van der Waals surface area contributed by atoms with E-state index >= 15 is 4.39 Å². The summed E-state index contributed by atoms with van der Waals surface area (Å²) in [5.41, 5.74) is 2.57. The Morgan fingerprint density at radius 3 is 2.51 bits per heavy atom. The fraction of sp³-hybridized carbons (Fsp3) is 0.212. The minimum absolute atomic E-state index is 0.0141. The van der Waals surface area contributed by atoms with Crippen molar-refractivity contribution >= 4 is 51.7 Å². The zero-order valence-corrected chi connectivity index (χ0v) is 25.7. The Bertz CT molecular complexity index is 1980. The third-order valence-electron chi connectivity index (χ3n) is 7.61. The number of nitrogens with zero attached hydrogens (tertiary/aromatic N) is 4. The Labute approximate surface area is 267 Å². The molecule has 5 aromatic rings. The molecule has 0 saturated carbocycles. The number of aromatic nitrogens is 3. The Hall–Kier alpha value is -5.63. The molecule has 2 aromatic heterocycles. The van der Waals surface area contributed by atoms with Crippen LogP contribution in [0.3, 0.4) is 0 Å². The number of hydrogen-bond acceptors (Lipinski definition) is 8. The molecule has 1 aliphatic rings. The predicted octanol–water partition coefficient (Wildman–Crippen LogP) is 5.25. The molecule has 4 N–H and O–H groups in total. The van der Waals surface area contributed by atoms with Crippen LogP contribution in [0, 0.1) is 17.5 Å². The van der Waals surface area contributed by atoms with Gasteiger partial charge in [-0.25, -0.2) is 13.2 Å². The van der Waals surface area contributed by atoms with Gasteiger partial charge in [0.1, 0.15) is 34.7 Å². The summed E-state index contributed by atoms with van der Waals surface area (Å²) in [6.45, 7) is 0.778. The van der Waals surface area contributed by atoms with Crippen LogP contribution in [0.4, 0.5) is 42.0 Å². The maximum absolute atomic E-state index is 15.1. The second-order valence-electron chi connectivity index (χ2n) is 11.2. The number of hydrogen-bond donors (Lipinski definition) is 4. The maximum Gasteiger partial charge on any atom is 0.256 e. The van der Waals surface area contributed by atoms with Gasteiger partial charge in [-0.15, -0.1) is 0 Å². The number of carbonyl (C=O) groups excluding carboxylic acids is 2. The number of fused-ring (bicyclic) bond motifs is 2. The van der Waals surface area contributed by atoms with Crippen LogP contribution in [-0.4, -0.2) is 66.0 Å². The fourth-order valence-electron chi connectivity index (χ4n) is 5.41. The Morgan fingerprint density at radius 2 is 1.77 bits per heavy atom. The molecule has 0 bridgehead atoms. The van der Waals surface area contributed by atoms with Gasteiger partial charge in [-0.2, -0.15) is 9.97 Å². The first-order valence-corrected chi connectivity index (χ1v) is 14.7. The molecule has 242 valence electrons. The van der Waals surface area contributed by atoms with Gasteiger partial charge in [-0.05, 0) is 68.0 Å². The number of methoxy groups -OCH3 is 1. The highest BCUT2D eigenvalue weighted by Gasteiger charge is 2.27. The van der Waals surface area contributed by atoms with Crippen molar-refractivity contribution in [2.75, 3.05) is 49.8 Å². The Kier molecular flexibility index (Phi) is 8.68. The van der Waals surface area contributed by atoms with Crippen LogP contribution in [-0.2, 0) is 17.8 Å². The standard InChI is InChI=1S/C33H31F3N8O3/c1-43(2)17-28(45)44-11-9-19-12-27(47-3)24(15-26(19)44)40-33-41-30-22(8-10-37-30)31(42-33)39-25-14-21(35)13-23(36)29(25)32(46)38-16-18-4-6-20(34)7-5-18/h4-8,10,12-15H,9,11,16-17H2,1-3H3,(H,38,46)(H3,37,39,40,41,42). The average molecular weight is 645 g/mol. The smallest absolute Gasteiger partial charge is 0.256 e. The van der Waals surface area contributed by atoms with Crippen LogP contribution in [0.25, 0.3) is 11.0 Å². The predicted molar refractivity (Wildman–Crippen MR) is 172 cm³/mol. The third-order valence-corrected chi connectivity index (χ3v) is 7.61. The summed E-state index contributed by atoms with van der Waals surface area (Å²) in [6, 6.07) is 12.4. The SMILES string of the molecule is COc1cc2c(cc1Nc1nc(Nc3cc(F)cc(F)c3C(=O)NCc3ccc(F)cc3)c3cc[nH]c3n1)N(C(=O)CN(C)C)CC2. The van der Waals surface area contributed by atoms with Gasteiger partial charge in [0.05, 0.1) is 36.0 Å². The van der Waals surface area contributed by atoms with Crippen molar-refractivity contribution < 1.29 is 27.5 Å². The number of benzene rings is 3. The summed E-state index contributed by atoms with van der Waals surface area (Å²) >= 11 is 0. The van der Waals surface area contributed by atoms with E-state index in [0.717, 1.165) is 17.3 Å². The molecule has 0 aliphatic carbocycles. The molecule has 0 unspecified atom stereocenters. The van der Waals surface area contributed by atoms with Gasteiger partial charge in [-0.1, -0.05) is 12.1 Å². The number of ether oxygens (including phenoxy) is 1. The Balaban J connectivity index is 1.32. The van der Waals surface area contributed by atoms with E-state index < -0.39 is 28.9 Å². The minimum atomic E-state index is -1.09. The number of amides is 2. The number of likely N-dealkylation sites (N-methyl/N-ethyl adjacent to an activating group) is 1. The van der Waals surface area contributed by atoms with Crippen LogP contribution in [0.1, 0.15) is 21.5 Å². The van der Waals surface area contributed by atoms with E-state index in [2.05, 4.69) is 30.9 Å². The fourth-order valence-corrected chi connectivity index (χ4v) is 5.41. The molecule has 11 nitrogen and oxygen atoms in total. The molecule has 3 aromatic carbocycles. The topological polar surface area (TPSA) is 128 Å². The van der Waals surface area contributed by atoms with E-state index in [0.29, 0.717) is 47.1 Å². The van der Waals surface area contributed by atoms with Gasteiger partial charge in [0.15, 0.2) is 0 Å². The molecular formula is C33H31F3N8O3. The first-order chi connectivity index (χ1) is 22.6. The van der Waals surface area contributed by atoms with Crippen LogP contribution in [0.5, 0.6) is 5.75 Å². The first-order valence-electron chi connectivity index (χ1n) is 14.7. The van der Waals surface area contributed by atoms with Crippen molar-refractivity contribution in [3.63, 3.8) is 0 Å². The van der Waals surface area contributed by atoms with Crippen molar-refractivity contribution in [3.05, 3.63) is 94.9 Å². The van der Waals surface area contributed by atoms with Crippen molar-refractivity contribution in [1.82, 2.24) is 25.2 Å². The van der Waals surface area contributed by atoms with Crippen LogP contribution >= 0.6 is 0 Å². The van der Waals surface area contributed by atoms with E-state index in [-0.39, 0.29) is 36.5 Å². The number of carbonyl (C=O) groups is 2. The van der Waals surface area contributed by atoms with Crippen LogP contribution in [0.15, 0.2) is 60.8 Å². The molecule has 0 spiro atoms. The van der Waals surface area contributed by atoms with Gasteiger partial charge in [-0.3, -0.25) is 9.59 Å². The van der Waals surface area contributed by atoms with E-state index in [9.17, 15) is 18.4 Å². The van der Waals surface area contributed by atoms with Crippen molar-refractivity contribution in [3.8, 4) is 5.75 Å². The zero-order chi connectivity index (χ0) is 33.2. The number of aromatic amines is 1. The lowest BCUT2D eigenvalue weighted by Gasteiger charge is -2.21. The van der Waals surface area contributed by atoms with Gasteiger partial charge in [0.25, 0.3) is 5.91 Å². The van der Waals surface area contributed by atoms with Gasteiger partial charge in [0.2, 0.25) is 11.9 Å². The summed E-state index contributed by atoms with van der Waals surface area (Å²) in [5, 5.41) is 9.15. The van der Waals surface area contributed by atoms with Gasteiger partial charge in [0, 0.05) is 31.0 Å². The van der Waals surface area contributed by atoms with Crippen LogP contribution < -0.4 is 25.6 Å². The minimum Gasteiger partial charge on any atom is -0.495 e. The molecular weight excluding hydrogens is 613 g/mol.